The summed E-state index contributed by atoms with van der Waals surface area (Å²) in [6.07, 6.45) is 0.711. The first kappa shape index (κ1) is 10.5. The van der Waals surface area contributed by atoms with Gasteiger partial charge in [-0.3, -0.25) is 4.79 Å². The number of ether oxygens (including phenoxy) is 1. The molecule has 0 aromatic heterocycles. The van der Waals surface area contributed by atoms with Gasteiger partial charge in [0.2, 0.25) is 0 Å². The predicted octanol–water partition coefficient (Wildman–Crippen LogP) is -0.158. The first-order chi connectivity index (χ1) is 6.15. The monoisotopic (exact) mass is 186 g/mol. The lowest BCUT2D eigenvalue weighted by atomic mass is 10.3. The second kappa shape index (κ2) is 4.58. The van der Waals surface area contributed by atoms with Crippen LogP contribution in [0.5, 0.6) is 0 Å². The molecule has 0 saturated carbocycles. The number of hydrogen-bond donors (Lipinski definition) is 1. The summed E-state index contributed by atoms with van der Waals surface area (Å²) in [5.41, 5.74) is 0. The van der Waals surface area contributed by atoms with E-state index in [2.05, 4.69) is 5.32 Å². The van der Waals surface area contributed by atoms with Crippen LogP contribution in [0.1, 0.15) is 13.3 Å². The molecule has 1 rings (SSSR count). The van der Waals surface area contributed by atoms with E-state index >= 15 is 0 Å². The topological polar surface area (TPSA) is 41.6 Å². The van der Waals surface area contributed by atoms with Gasteiger partial charge in [-0.05, 0) is 14.0 Å². The molecule has 0 radical (unpaired) electrons. The number of carbonyl (C=O) groups is 1. The zero-order valence-electron chi connectivity index (χ0n) is 8.54. The van der Waals surface area contributed by atoms with E-state index in [4.69, 9.17) is 4.74 Å². The second-order valence-electron chi connectivity index (χ2n) is 3.54. The number of nitrogens with one attached hydrogen (secondary N) is 1. The van der Waals surface area contributed by atoms with Crippen LogP contribution in [0.15, 0.2) is 0 Å². The van der Waals surface area contributed by atoms with Crippen molar-refractivity contribution >= 4 is 5.91 Å². The average molecular weight is 186 g/mol. The van der Waals surface area contributed by atoms with Crippen LogP contribution in [0.3, 0.4) is 0 Å². The van der Waals surface area contributed by atoms with Crippen molar-refractivity contribution < 1.29 is 9.53 Å². The molecular formula is C9H18N2O2. The third kappa shape index (κ3) is 2.67. The highest BCUT2D eigenvalue weighted by molar-refractivity contribution is 5.82. The van der Waals surface area contributed by atoms with E-state index in [-0.39, 0.29) is 18.1 Å². The van der Waals surface area contributed by atoms with Gasteiger partial charge in [0.05, 0.1) is 6.10 Å². The molecule has 1 aliphatic rings. The summed E-state index contributed by atoms with van der Waals surface area (Å²) in [7, 11) is 3.69. The van der Waals surface area contributed by atoms with Crippen molar-refractivity contribution in [1.82, 2.24) is 10.2 Å². The molecule has 13 heavy (non-hydrogen) atoms. The Morgan fingerprint density at radius 3 is 2.92 bits per heavy atom. The van der Waals surface area contributed by atoms with Crippen molar-refractivity contribution in [3.8, 4) is 0 Å². The van der Waals surface area contributed by atoms with Gasteiger partial charge >= 0.3 is 0 Å². The van der Waals surface area contributed by atoms with Gasteiger partial charge < -0.3 is 15.0 Å². The van der Waals surface area contributed by atoms with Crippen LogP contribution < -0.4 is 5.32 Å². The van der Waals surface area contributed by atoms with E-state index in [1.54, 1.807) is 4.90 Å². The third-order valence-corrected chi connectivity index (χ3v) is 2.27. The molecule has 0 aliphatic carbocycles. The largest absolute Gasteiger partial charge is 0.364 e. The van der Waals surface area contributed by atoms with Crippen LogP contribution in [0, 0.1) is 0 Å². The lowest BCUT2D eigenvalue weighted by Gasteiger charge is -2.17. The molecule has 4 nitrogen and oxygen atoms in total. The minimum atomic E-state index is -0.214. The van der Waals surface area contributed by atoms with E-state index in [9.17, 15) is 4.79 Å². The quantitative estimate of drug-likeness (QED) is 0.663. The normalized spacial score (nSPS) is 25.3. The Morgan fingerprint density at radius 2 is 2.46 bits per heavy atom. The molecule has 1 N–H and O–H groups in total. The zero-order chi connectivity index (χ0) is 9.84. The molecule has 1 fully saturated rings. The predicted molar refractivity (Wildman–Crippen MR) is 50.5 cm³/mol. The van der Waals surface area contributed by atoms with Crippen LogP contribution in [0.25, 0.3) is 0 Å². The van der Waals surface area contributed by atoms with Crippen molar-refractivity contribution in [2.75, 3.05) is 27.2 Å². The smallest absolute Gasteiger partial charge is 0.251 e. The van der Waals surface area contributed by atoms with E-state index < -0.39 is 0 Å². The molecule has 2 unspecified atom stereocenters. The lowest BCUT2D eigenvalue weighted by Crippen LogP contribution is -2.33. The maximum absolute atomic E-state index is 11.4. The summed E-state index contributed by atoms with van der Waals surface area (Å²) in [6, 6.07) is 0. The fourth-order valence-electron chi connectivity index (χ4n) is 1.53. The van der Waals surface area contributed by atoms with Gasteiger partial charge in [-0.25, -0.2) is 0 Å². The van der Waals surface area contributed by atoms with E-state index in [0.717, 1.165) is 19.5 Å². The number of rotatable bonds is 4. The van der Waals surface area contributed by atoms with Gasteiger partial charge in [-0.15, -0.1) is 0 Å². The molecule has 2 atom stereocenters. The molecule has 1 heterocycles. The molecule has 0 bridgehead atoms. The summed E-state index contributed by atoms with van der Waals surface area (Å²) >= 11 is 0. The van der Waals surface area contributed by atoms with Gasteiger partial charge in [0, 0.05) is 26.6 Å². The van der Waals surface area contributed by atoms with Crippen molar-refractivity contribution in [2.45, 2.75) is 25.6 Å². The molecule has 0 aromatic rings. The van der Waals surface area contributed by atoms with Crippen molar-refractivity contribution in [3.05, 3.63) is 0 Å². The fourth-order valence-corrected chi connectivity index (χ4v) is 1.53. The highest BCUT2D eigenvalue weighted by Gasteiger charge is 2.30. The second-order valence-corrected chi connectivity index (χ2v) is 3.54. The van der Waals surface area contributed by atoms with Gasteiger partial charge in [0.1, 0.15) is 6.10 Å². The van der Waals surface area contributed by atoms with Gasteiger partial charge in [0.25, 0.3) is 5.91 Å². The molecule has 4 heteroatoms. The van der Waals surface area contributed by atoms with Crippen LogP contribution in [-0.2, 0) is 9.53 Å². The summed E-state index contributed by atoms with van der Waals surface area (Å²) in [4.78, 5) is 13.1. The van der Waals surface area contributed by atoms with Crippen LogP contribution >= 0.6 is 0 Å². The van der Waals surface area contributed by atoms with Crippen molar-refractivity contribution in [1.29, 1.82) is 0 Å². The van der Waals surface area contributed by atoms with Crippen LogP contribution in [0.2, 0.25) is 0 Å². The Hall–Kier alpha value is -0.610. The summed E-state index contributed by atoms with van der Waals surface area (Å²) in [5, 5.41) is 3.02. The maximum Gasteiger partial charge on any atom is 0.251 e. The number of hydrogen-bond acceptors (Lipinski definition) is 3. The Balaban J connectivity index is 2.33. The molecular weight excluding hydrogens is 168 g/mol. The zero-order valence-corrected chi connectivity index (χ0v) is 8.54. The molecule has 0 spiro atoms. The maximum atomic E-state index is 11.4. The average Bonchev–Trinajstić information content (AvgIpc) is 2.37. The minimum Gasteiger partial charge on any atom is -0.364 e. The Labute approximate surface area is 79.2 Å². The van der Waals surface area contributed by atoms with Crippen molar-refractivity contribution in [3.63, 3.8) is 0 Å². The number of carbonyl (C=O) groups excluding carboxylic acids is 1. The Bertz CT molecular complexity index is 184. The molecule has 76 valence electrons. The highest BCUT2D eigenvalue weighted by Crippen LogP contribution is 2.13. The van der Waals surface area contributed by atoms with E-state index in [0.29, 0.717) is 0 Å². The lowest BCUT2D eigenvalue weighted by molar-refractivity contribution is -0.138. The van der Waals surface area contributed by atoms with Crippen molar-refractivity contribution in [2.24, 2.45) is 0 Å². The molecule has 1 saturated heterocycles. The minimum absolute atomic E-state index is 0.102. The SMILES string of the molecule is CNCC(C)OC1CCN(C)C1=O. The number of likely N-dealkylation sites (tertiary alicyclic amines) is 1. The van der Waals surface area contributed by atoms with E-state index in [1.807, 2.05) is 21.0 Å². The standard InChI is InChI=1S/C9H18N2O2/c1-7(6-10-2)13-8-4-5-11(3)9(8)12/h7-8,10H,4-6H2,1-3H3. The van der Waals surface area contributed by atoms with Gasteiger partial charge in [-0.2, -0.15) is 0 Å². The third-order valence-electron chi connectivity index (χ3n) is 2.27. The first-order valence-corrected chi connectivity index (χ1v) is 4.70. The first-order valence-electron chi connectivity index (χ1n) is 4.70. The number of amides is 1. The molecule has 1 aliphatic heterocycles. The van der Waals surface area contributed by atoms with E-state index in [1.165, 1.54) is 0 Å². The number of likely N-dealkylation sites (N-methyl/N-ethyl adjacent to an activating group) is 2. The van der Waals surface area contributed by atoms with Crippen LogP contribution in [-0.4, -0.2) is 50.2 Å². The Morgan fingerprint density at radius 1 is 1.77 bits per heavy atom. The summed E-state index contributed by atoms with van der Waals surface area (Å²) in [5.74, 6) is 0.114. The number of nitrogens with zero attached hydrogens (tertiary/aromatic N) is 1. The highest BCUT2D eigenvalue weighted by atomic mass is 16.5. The summed E-state index contributed by atoms with van der Waals surface area (Å²) in [6.45, 7) is 3.57. The van der Waals surface area contributed by atoms with Gasteiger partial charge in [0.15, 0.2) is 0 Å². The van der Waals surface area contributed by atoms with Crippen LogP contribution in [0.4, 0.5) is 0 Å². The molecule has 0 aromatic carbocycles. The van der Waals surface area contributed by atoms with Gasteiger partial charge in [-0.1, -0.05) is 0 Å². The molecule has 1 amide bonds. The summed E-state index contributed by atoms with van der Waals surface area (Å²) < 4.78 is 5.58. The fraction of sp³-hybridized carbons (Fsp3) is 0.889. The Kier molecular flexibility index (Phi) is 3.69.